The van der Waals surface area contributed by atoms with Gasteiger partial charge in [0.05, 0.1) is 12.1 Å². The molecule has 74 heavy (non-hydrogen) atoms. The number of hydrogen-bond acceptors (Lipinski definition) is 11. The molecule has 0 spiro atoms. The Morgan fingerprint density at radius 3 is 1.72 bits per heavy atom. The lowest BCUT2D eigenvalue weighted by Crippen LogP contribution is -2.51. The molecule has 6 N–H and O–H groups in total. The third kappa shape index (κ3) is 15.0. The van der Waals surface area contributed by atoms with Crippen molar-refractivity contribution in [2.75, 3.05) is 13.6 Å². The molecule has 388 valence electrons. The third-order valence-electron chi connectivity index (χ3n) is 11.3. The minimum Gasteiger partial charge on any atom is -0.489 e. The Balaban J connectivity index is 1.24. The molecule has 0 saturated carbocycles. The van der Waals surface area contributed by atoms with Crippen LogP contribution in [0.25, 0.3) is 11.1 Å². The summed E-state index contributed by atoms with van der Waals surface area (Å²) in [5.74, 6) is -17.9. The molecule has 6 aromatic rings. The Morgan fingerprint density at radius 1 is 0.662 bits per heavy atom. The van der Waals surface area contributed by atoms with Gasteiger partial charge in [-0.3, -0.25) is 4.79 Å². The van der Waals surface area contributed by atoms with E-state index >= 15 is 0 Å². The van der Waals surface area contributed by atoms with E-state index in [0.717, 1.165) is 10.5 Å². The Kier molecular flexibility index (Phi) is 19.4. The van der Waals surface area contributed by atoms with Gasteiger partial charge in [0.1, 0.15) is 37.7 Å². The maximum Gasteiger partial charge on any atom is 0.408 e. The summed E-state index contributed by atoms with van der Waals surface area (Å²) >= 11 is 6.61. The van der Waals surface area contributed by atoms with Crippen molar-refractivity contribution >= 4 is 41.6 Å². The number of carbonyl (C=O) groups is 5. The number of benzene rings is 6. The molecule has 0 radical (unpaired) electrons. The Bertz CT molecular complexity index is 2920. The van der Waals surface area contributed by atoms with Gasteiger partial charge in [-0.25, -0.2) is 32.3 Å². The number of nitrogens with zero attached hydrogens (tertiary/aromatic N) is 1. The lowest BCUT2D eigenvalue weighted by Gasteiger charge is -2.28. The number of hydrogen-bond donors (Lipinski definition) is 5. The average molecular weight is 1050 g/mol. The highest BCUT2D eigenvalue weighted by molar-refractivity contribution is 6.31. The van der Waals surface area contributed by atoms with E-state index < -0.39 is 95.5 Å². The SMILES string of the molecule is CN(C(=O)[C@@H](N)C[C@H](O)CNC(=O)OCc1ccccc1)[C@@H](Cc1cc(-c2ccc(OCc3ccccc3)c(C[C@H](NC(=O)OCc3ccccc3)C(=O)Oc3c(F)c(F)c(F)c(F)c3F)c2)ccc1Cl)C(=O)O. The number of alkyl carbamates (subject to hydrolysis) is 2. The van der Waals surface area contributed by atoms with E-state index in [9.17, 15) is 56.1 Å². The monoisotopic (exact) mass is 1050 g/mol. The number of carbonyl (C=O) groups excluding carboxylic acids is 4. The standard InChI is InChI=1S/C53H48ClF5N4O11/c1-63(49(65)39(60)25-37(64)26-61-52(69)72-28-31-13-7-3-8-14-31)41(50(66)67)24-35-21-33(17-19-38(35)54)34-18-20-42(71-27-30-11-5-2-6-12-30)36(22-34)23-40(62-53(70)73-29-32-15-9-4-10-16-32)51(68)74-48-46(58)44(56)43(55)45(57)47(48)59/h2-22,37,39-41,64H,23-29,60H2,1H3,(H,61,69)(H,62,70)(H,66,67)/t37-,39-,40-,41-/m0/s1. The van der Waals surface area contributed by atoms with E-state index in [4.69, 9.17) is 36.3 Å². The number of halogens is 6. The molecule has 6 rings (SSSR count). The molecule has 0 fully saturated rings. The van der Waals surface area contributed by atoms with Crippen LogP contribution in [0.4, 0.5) is 31.5 Å². The largest absolute Gasteiger partial charge is 0.489 e. The second-order valence-corrected chi connectivity index (χ2v) is 17.0. The van der Waals surface area contributed by atoms with Crippen LogP contribution in [-0.2, 0) is 56.5 Å². The van der Waals surface area contributed by atoms with Crippen LogP contribution in [0, 0.1) is 29.1 Å². The van der Waals surface area contributed by atoms with E-state index in [-0.39, 0.29) is 61.1 Å². The van der Waals surface area contributed by atoms with E-state index in [1.807, 2.05) is 0 Å². The number of aliphatic hydroxyl groups is 1. The topological polar surface area (TPSA) is 216 Å². The maximum absolute atomic E-state index is 14.8. The lowest BCUT2D eigenvalue weighted by atomic mass is 9.95. The summed E-state index contributed by atoms with van der Waals surface area (Å²) in [5.41, 5.74) is 9.23. The van der Waals surface area contributed by atoms with Crippen molar-refractivity contribution in [1.29, 1.82) is 0 Å². The van der Waals surface area contributed by atoms with Gasteiger partial charge in [-0.1, -0.05) is 115 Å². The van der Waals surface area contributed by atoms with Gasteiger partial charge in [0.25, 0.3) is 0 Å². The summed E-state index contributed by atoms with van der Waals surface area (Å²) in [6, 6.07) is 30.2. The maximum atomic E-state index is 14.8. The summed E-state index contributed by atoms with van der Waals surface area (Å²) < 4.78 is 93.4. The molecule has 0 aliphatic heterocycles. The molecular formula is C53H48ClF5N4O11. The summed E-state index contributed by atoms with van der Waals surface area (Å²) in [5, 5.41) is 25.7. The van der Waals surface area contributed by atoms with Gasteiger partial charge in [-0.15, -0.1) is 0 Å². The van der Waals surface area contributed by atoms with Crippen LogP contribution in [0.1, 0.15) is 34.2 Å². The predicted octanol–water partition coefficient (Wildman–Crippen LogP) is 8.18. The van der Waals surface area contributed by atoms with Crippen molar-refractivity contribution in [2.45, 2.75) is 63.3 Å². The van der Waals surface area contributed by atoms with Gasteiger partial charge in [0.2, 0.25) is 40.7 Å². The second-order valence-electron chi connectivity index (χ2n) is 16.6. The van der Waals surface area contributed by atoms with Gasteiger partial charge < -0.3 is 50.4 Å². The smallest absolute Gasteiger partial charge is 0.408 e. The number of carboxylic acids is 1. The number of esters is 1. The molecule has 4 atom stereocenters. The number of ether oxygens (including phenoxy) is 4. The highest BCUT2D eigenvalue weighted by Gasteiger charge is 2.34. The summed E-state index contributed by atoms with van der Waals surface area (Å²) in [6.45, 7) is -0.687. The average Bonchev–Trinajstić information content (AvgIpc) is 3.40. The molecule has 15 nitrogen and oxygen atoms in total. The van der Waals surface area contributed by atoms with E-state index in [0.29, 0.717) is 22.3 Å². The van der Waals surface area contributed by atoms with Crippen molar-refractivity contribution in [3.05, 3.63) is 189 Å². The Labute approximate surface area is 425 Å². The first-order chi connectivity index (χ1) is 35.4. The van der Waals surface area contributed by atoms with E-state index in [2.05, 4.69) is 10.6 Å². The molecule has 0 heterocycles. The van der Waals surface area contributed by atoms with Crippen molar-refractivity contribution < 1.29 is 75.1 Å². The van der Waals surface area contributed by atoms with Crippen LogP contribution in [-0.4, -0.2) is 83.0 Å². The minimum absolute atomic E-state index is 0.0246. The molecule has 0 saturated heterocycles. The number of aliphatic carboxylic acids is 1. The summed E-state index contributed by atoms with van der Waals surface area (Å²) in [4.78, 5) is 66.3. The lowest BCUT2D eigenvalue weighted by molar-refractivity contribution is -0.149. The van der Waals surface area contributed by atoms with Crippen molar-refractivity contribution in [1.82, 2.24) is 15.5 Å². The molecule has 6 aromatic carbocycles. The molecule has 0 aliphatic carbocycles. The predicted molar refractivity (Wildman–Crippen MR) is 258 cm³/mol. The van der Waals surface area contributed by atoms with Crippen LogP contribution in [0.2, 0.25) is 5.02 Å². The number of nitrogens with two attached hydrogens (primary N) is 1. The molecule has 3 amide bonds. The van der Waals surface area contributed by atoms with Crippen LogP contribution in [0.3, 0.4) is 0 Å². The molecule has 0 aromatic heterocycles. The molecule has 0 unspecified atom stereocenters. The first kappa shape index (κ1) is 55.2. The van der Waals surface area contributed by atoms with Crippen molar-refractivity contribution in [3.63, 3.8) is 0 Å². The van der Waals surface area contributed by atoms with Crippen LogP contribution in [0.5, 0.6) is 11.5 Å². The highest BCUT2D eigenvalue weighted by Crippen LogP contribution is 2.33. The third-order valence-corrected chi connectivity index (χ3v) is 11.7. The van der Waals surface area contributed by atoms with Gasteiger partial charge in [-0.2, -0.15) is 8.78 Å². The number of likely N-dealkylation sites (N-methyl/N-ethyl adjacent to an activating group) is 1. The highest BCUT2D eigenvalue weighted by atomic mass is 35.5. The zero-order valence-electron chi connectivity index (χ0n) is 39.2. The molecule has 0 bridgehead atoms. The molecular weight excluding hydrogens is 999 g/mol. The van der Waals surface area contributed by atoms with E-state index in [1.165, 1.54) is 31.3 Å². The van der Waals surface area contributed by atoms with Gasteiger partial charge in [0.15, 0.2) is 0 Å². The minimum atomic E-state index is -2.50. The second kappa shape index (κ2) is 26.1. The Morgan fingerprint density at radius 2 is 1.16 bits per heavy atom. The zero-order valence-corrected chi connectivity index (χ0v) is 40.0. The van der Waals surface area contributed by atoms with Gasteiger partial charge in [0, 0.05) is 31.5 Å². The van der Waals surface area contributed by atoms with Crippen LogP contribution >= 0.6 is 11.6 Å². The number of aliphatic hydroxyl groups excluding tert-OH is 1. The van der Waals surface area contributed by atoms with Gasteiger partial charge >= 0.3 is 24.1 Å². The summed E-state index contributed by atoms with van der Waals surface area (Å²) in [7, 11) is 1.21. The fourth-order valence-corrected chi connectivity index (χ4v) is 7.53. The van der Waals surface area contributed by atoms with E-state index in [1.54, 1.807) is 103 Å². The summed E-state index contributed by atoms with van der Waals surface area (Å²) in [6.07, 6.45) is -4.71. The van der Waals surface area contributed by atoms with Crippen LogP contribution in [0.15, 0.2) is 127 Å². The van der Waals surface area contributed by atoms with Gasteiger partial charge in [-0.05, 0) is 69.6 Å². The number of nitrogens with one attached hydrogen (secondary N) is 2. The number of carboxylic acid groups (broad SMARTS) is 1. The normalized spacial score (nSPS) is 12.6. The first-order valence-corrected chi connectivity index (χ1v) is 22.9. The van der Waals surface area contributed by atoms with Crippen LogP contribution < -0.4 is 25.8 Å². The first-order valence-electron chi connectivity index (χ1n) is 22.6. The zero-order chi connectivity index (χ0) is 53.5. The fraction of sp³-hybridized carbons (Fsp3) is 0.226. The quantitative estimate of drug-likeness (QED) is 0.0143. The molecule has 0 aliphatic rings. The van der Waals surface area contributed by atoms with Crippen molar-refractivity contribution in [2.24, 2.45) is 5.73 Å². The number of amides is 3. The van der Waals surface area contributed by atoms with Crippen molar-refractivity contribution in [3.8, 4) is 22.6 Å². The molecule has 21 heteroatoms. The number of rotatable bonds is 22. The fourth-order valence-electron chi connectivity index (χ4n) is 7.34. The Hall–Kier alpha value is -8.07.